The van der Waals surface area contributed by atoms with Gasteiger partial charge in [0.2, 0.25) is 0 Å². The molecule has 0 bridgehead atoms. The molecule has 3 rings (SSSR count). The summed E-state index contributed by atoms with van der Waals surface area (Å²) in [6, 6.07) is 0.905. The van der Waals surface area contributed by atoms with Crippen molar-refractivity contribution >= 4 is 0 Å². The Morgan fingerprint density at radius 2 is 1.34 bits per heavy atom. The van der Waals surface area contributed by atoms with Crippen LogP contribution < -0.4 is 0 Å². The van der Waals surface area contributed by atoms with E-state index in [1.807, 2.05) is 0 Å². The Morgan fingerprint density at radius 3 is 1.90 bits per heavy atom. The Kier molecular flexibility index (Phi) is 8.12. The summed E-state index contributed by atoms with van der Waals surface area (Å²) in [4.78, 5) is 5.59. The molecule has 0 spiro atoms. The van der Waals surface area contributed by atoms with Gasteiger partial charge >= 0.3 is 0 Å². The first kappa shape index (κ1) is 23.5. The van der Waals surface area contributed by atoms with Crippen molar-refractivity contribution in [2.45, 2.75) is 105 Å². The van der Waals surface area contributed by atoms with Crippen molar-refractivity contribution in [2.24, 2.45) is 23.2 Å². The lowest BCUT2D eigenvalue weighted by Crippen LogP contribution is -2.51. The molecular weight excluding hydrogens is 356 g/mol. The van der Waals surface area contributed by atoms with Crippen LogP contribution in [-0.2, 0) is 4.74 Å². The second kappa shape index (κ2) is 10.0. The molecule has 2 heterocycles. The van der Waals surface area contributed by atoms with Crippen LogP contribution in [0.2, 0.25) is 0 Å². The predicted molar refractivity (Wildman–Crippen MR) is 124 cm³/mol. The summed E-state index contributed by atoms with van der Waals surface area (Å²) in [5, 5.41) is 0. The van der Waals surface area contributed by atoms with E-state index in [-0.39, 0.29) is 5.60 Å². The summed E-state index contributed by atoms with van der Waals surface area (Å²) in [5.74, 6) is 2.82. The minimum Gasteiger partial charge on any atom is -0.376 e. The maximum absolute atomic E-state index is 5.93. The molecule has 0 amide bonds. The highest BCUT2D eigenvalue weighted by Gasteiger charge is 2.36. The molecule has 1 saturated carbocycles. The Labute approximate surface area is 181 Å². The average molecular weight is 407 g/mol. The number of rotatable bonds is 7. The maximum Gasteiger partial charge on any atom is 0.0598 e. The SMILES string of the molecule is CC(C)(C)CC1CCN([C@H]2C[C@H](CN3CCC(CCOC(C)(C)C)CC3)C2)CC1. The smallest absolute Gasteiger partial charge is 0.0598 e. The molecule has 1 aliphatic carbocycles. The van der Waals surface area contributed by atoms with Crippen LogP contribution >= 0.6 is 0 Å². The van der Waals surface area contributed by atoms with Crippen molar-refractivity contribution in [3.8, 4) is 0 Å². The summed E-state index contributed by atoms with van der Waals surface area (Å²) < 4.78 is 5.93. The highest BCUT2D eigenvalue weighted by molar-refractivity contribution is 4.91. The van der Waals surface area contributed by atoms with Crippen LogP contribution in [0.1, 0.15) is 92.9 Å². The van der Waals surface area contributed by atoms with E-state index in [1.165, 1.54) is 84.1 Å². The molecule has 29 heavy (non-hydrogen) atoms. The molecule has 170 valence electrons. The zero-order valence-corrected chi connectivity index (χ0v) is 20.5. The summed E-state index contributed by atoms with van der Waals surface area (Å²) >= 11 is 0. The molecule has 3 aliphatic rings. The quantitative estimate of drug-likeness (QED) is 0.529. The molecule has 0 aromatic carbocycles. The van der Waals surface area contributed by atoms with Crippen LogP contribution in [0.3, 0.4) is 0 Å². The van der Waals surface area contributed by atoms with Gasteiger partial charge in [-0.3, -0.25) is 0 Å². The first-order valence-electron chi connectivity index (χ1n) is 12.7. The Balaban J connectivity index is 1.25. The number of hydrogen-bond donors (Lipinski definition) is 0. The zero-order valence-electron chi connectivity index (χ0n) is 20.5. The third-order valence-corrected chi connectivity index (χ3v) is 7.56. The van der Waals surface area contributed by atoms with E-state index in [9.17, 15) is 0 Å². The van der Waals surface area contributed by atoms with Crippen LogP contribution in [0.4, 0.5) is 0 Å². The van der Waals surface area contributed by atoms with E-state index < -0.39 is 0 Å². The van der Waals surface area contributed by atoms with Crippen molar-refractivity contribution in [3.05, 3.63) is 0 Å². The van der Waals surface area contributed by atoms with Gasteiger partial charge in [-0.15, -0.1) is 0 Å². The van der Waals surface area contributed by atoms with Gasteiger partial charge in [0.05, 0.1) is 5.60 Å². The minimum absolute atomic E-state index is 0.0172. The maximum atomic E-state index is 5.93. The molecule has 3 fully saturated rings. The van der Waals surface area contributed by atoms with Crippen molar-refractivity contribution in [3.63, 3.8) is 0 Å². The summed E-state index contributed by atoms with van der Waals surface area (Å²) in [7, 11) is 0. The fraction of sp³-hybridized carbons (Fsp3) is 1.00. The molecule has 3 nitrogen and oxygen atoms in total. The minimum atomic E-state index is 0.0172. The molecule has 0 aromatic rings. The molecule has 2 saturated heterocycles. The third-order valence-electron chi connectivity index (χ3n) is 7.56. The summed E-state index contributed by atoms with van der Waals surface area (Å²) in [6.45, 7) is 21.3. The van der Waals surface area contributed by atoms with Crippen LogP contribution in [-0.4, -0.2) is 60.8 Å². The van der Waals surface area contributed by atoms with E-state index in [0.29, 0.717) is 5.41 Å². The zero-order chi connectivity index (χ0) is 21.1. The monoisotopic (exact) mass is 406 g/mol. The number of ether oxygens (including phenoxy) is 1. The Morgan fingerprint density at radius 1 is 0.759 bits per heavy atom. The molecule has 0 N–H and O–H groups in total. The lowest BCUT2D eigenvalue weighted by molar-refractivity contribution is -0.0143. The van der Waals surface area contributed by atoms with E-state index in [2.05, 4.69) is 51.3 Å². The lowest BCUT2D eigenvalue weighted by Gasteiger charge is -2.48. The van der Waals surface area contributed by atoms with Gasteiger partial charge in [-0.05, 0) is 121 Å². The molecular formula is C26H50N2O. The molecule has 0 unspecified atom stereocenters. The normalized spacial score (nSPS) is 29.2. The number of nitrogens with zero attached hydrogens (tertiary/aromatic N) is 2. The largest absolute Gasteiger partial charge is 0.376 e. The van der Waals surface area contributed by atoms with Crippen LogP contribution in [0.5, 0.6) is 0 Å². The van der Waals surface area contributed by atoms with Gasteiger partial charge in [0.25, 0.3) is 0 Å². The van der Waals surface area contributed by atoms with E-state index in [1.54, 1.807) is 0 Å². The fourth-order valence-corrected chi connectivity index (χ4v) is 5.89. The van der Waals surface area contributed by atoms with Gasteiger partial charge < -0.3 is 14.5 Å². The predicted octanol–water partition coefficient (Wildman–Crippen LogP) is 5.83. The van der Waals surface area contributed by atoms with E-state index in [4.69, 9.17) is 4.74 Å². The first-order valence-corrected chi connectivity index (χ1v) is 12.7. The van der Waals surface area contributed by atoms with Crippen molar-refractivity contribution in [1.82, 2.24) is 9.80 Å². The standard InChI is InChI=1S/C26H50N2O/c1-25(2,3)19-22-9-14-28(15-10-22)24-17-23(18-24)20-27-12-7-21(8-13-27)11-16-29-26(4,5)6/h21-24H,7-20H2,1-6H3/t23-,24-. The van der Waals surface area contributed by atoms with Crippen molar-refractivity contribution in [2.75, 3.05) is 39.3 Å². The topological polar surface area (TPSA) is 15.7 Å². The third kappa shape index (κ3) is 8.15. The average Bonchev–Trinajstić information content (AvgIpc) is 2.58. The highest BCUT2D eigenvalue weighted by Crippen LogP contribution is 2.37. The van der Waals surface area contributed by atoms with Gasteiger partial charge in [-0.2, -0.15) is 0 Å². The fourth-order valence-electron chi connectivity index (χ4n) is 5.89. The van der Waals surface area contributed by atoms with E-state index in [0.717, 1.165) is 30.4 Å². The van der Waals surface area contributed by atoms with Gasteiger partial charge in [0.15, 0.2) is 0 Å². The number of likely N-dealkylation sites (tertiary alicyclic amines) is 2. The molecule has 0 aromatic heterocycles. The second-order valence-electron chi connectivity index (χ2n) is 12.7. The summed E-state index contributed by atoms with van der Waals surface area (Å²) in [5.41, 5.74) is 0.519. The van der Waals surface area contributed by atoms with Crippen LogP contribution in [0.25, 0.3) is 0 Å². The summed E-state index contributed by atoms with van der Waals surface area (Å²) in [6.07, 6.45) is 11.2. The van der Waals surface area contributed by atoms with Gasteiger partial charge in [0.1, 0.15) is 0 Å². The molecule has 0 atom stereocenters. The van der Waals surface area contributed by atoms with Crippen LogP contribution in [0, 0.1) is 23.2 Å². The van der Waals surface area contributed by atoms with Crippen molar-refractivity contribution in [1.29, 1.82) is 0 Å². The Bertz CT molecular complexity index is 470. The van der Waals surface area contributed by atoms with Crippen LogP contribution in [0.15, 0.2) is 0 Å². The van der Waals surface area contributed by atoms with Gasteiger partial charge in [-0.1, -0.05) is 20.8 Å². The molecule has 0 radical (unpaired) electrons. The first-order chi connectivity index (χ1) is 13.6. The number of hydrogen-bond acceptors (Lipinski definition) is 3. The molecule has 3 heteroatoms. The van der Waals surface area contributed by atoms with Gasteiger partial charge in [-0.25, -0.2) is 0 Å². The Hall–Kier alpha value is -0.120. The van der Waals surface area contributed by atoms with Crippen molar-refractivity contribution < 1.29 is 4.74 Å². The highest BCUT2D eigenvalue weighted by atomic mass is 16.5. The lowest BCUT2D eigenvalue weighted by atomic mass is 9.76. The number of piperidine rings is 2. The molecule has 2 aliphatic heterocycles. The second-order valence-corrected chi connectivity index (χ2v) is 12.7. The van der Waals surface area contributed by atoms with E-state index >= 15 is 0 Å². The van der Waals surface area contributed by atoms with Gasteiger partial charge in [0, 0.05) is 19.2 Å².